The molecule has 0 spiro atoms. The van der Waals surface area contributed by atoms with E-state index in [4.69, 9.17) is 26.4 Å². The van der Waals surface area contributed by atoms with E-state index in [0.717, 1.165) is 17.7 Å². The van der Waals surface area contributed by atoms with E-state index < -0.39 is 23.8 Å². The Morgan fingerprint density at radius 1 is 1.06 bits per heavy atom. The molecule has 1 amide bonds. The fourth-order valence-electron chi connectivity index (χ4n) is 2.62. The highest BCUT2D eigenvalue weighted by Gasteiger charge is 2.30. The molecule has 0 aliphatic heterocycles. The maximum atomic E-state index is 12.8. The van der Waals surface area contributed by atoms with Crippen LogP contribution < -0.4 is 30.4 Å². The van der Waals surface area contributed by atoms with Crippen molar-refractivity contribution in [2.24, 2.45) is 0 Å². The van der Waals surface area contributed by atoms with Crippen LogP contribution in [-0.2, 0) is 17.4 Å². The molecule has 1 atom stereocenters. The first-order valence-corrected chi connectivity index (χ1v) is 9.93. The summed E-state index contributed by atoms with van der Waals surface area (Å²) >= 11 is 5.10. The lowest BCUT2D eigenvalue weighted by atomic mass is 10.1. The third-order valence-corrected chi connectivity index (χ3v) is 4.54. The normalized spacial score (nSPS) is 11.8. The van der Waals surface area contributed by atoms with Gasteiger partial charge in [-0.15, -0.1) is 0 Å². The number of halogens is 3. The molecule has 3 N–H and O–H groups in total. The summed E-state index contributed by atoms with van der Waals surface area (Å²) in [5.41, 5.74) is 5.01. The van der Waals surface area contributed by atoms with Gasteiger partial charge in [0.15, 0.2) is 22.7 Å². The highest BCUT2D eigenvalue weighted by atomic mass is 32.1. The molecule has 0 fully saturated rings. The molecule has 0 radical (unpaired) electrons. The predicted octanol–water partition coefficient (Wildman–Crippen LogP) is 3.23. The summed E-state index contributed by atoms with van der Waals surface area (Å²) in [6.45, 7) is 1.89. The van der Waals surface area contributed by atoms with E-state index in [-0.39, 0.29) is 10.9 Å². The lowest BCUT2D eigenvalue weighted by Gasteiger charge is -2.17. The van der Waals surface area contributed by atoms with Crippen LogP contribution in [0.15, 0.2) is 42.5 Å². The largest absolute Gasteiger partial charge is 0.493 e. The maximum absolute atomic E-state index is 12.8. The number of benzene rings is 2. The van der Waals surface area contributed by atoms with Gasteiger partial charge in [0.05, 0.1) is 19.8 Å². The van der Waals surface area contributed by atoms with Gasteiger partial charge in [0, 0.05) is 6.54 Å². The number of carbonyl (C=O) groups is 1. The summed E-state index contributed by atoms with van der Waals surface area (Å²) < 4.78 is 54.1. The Hall–Kier alpha value is -3.21. The maximum Gasteiger partial charge on any atom is 0.416 e. The van der Waals surface area contributed by atoms with E-state index in [2.05, 4.69) is 16.2 Å². The third-order valence-electron chi connectivity index (χ3n) is 4.29. The molecule has 0 aliphatic carbocycles. The van der Waals surface area contributed by atoms with Crippen LogP contribution in [0.3, 0.4) is 0 Å². The molecule has 0 saturated heterocycles. The van der Waals surface area contributed by atoms with Gasteiger partial charge in [0.1, 0.15) is 5.75 Å². The first kappa shape index (κ1) is 25.1. The number of hydrogen-bond donors (Lipinski definition) is 3. The zero-order valence-electron chi connectivity index (χ0n) is 17.7. The predicted molar refractivity (Wildman–Crippen MR) is 117 cm³/mol. The zero-order chi connectivity index (χ0) is 23.7. The van der Waals surface area contributed by atoms with Crippen molar-refractivity contribution in [2.75, 3.05) is 20.8 Å². The fourth-order valence-corrected chi connectivity index (χ4v) is 2.78. The van der Waals surface area contributed by atoms with E-state index in [9.17, 15) is 18.0 Å². The molecule has 2 rings (SSSR count). The molecule has 7 nitrogen and oxygen atoms in total. The Bertz CT molecular complexity index is 941. The number of hydrazine groups is 1. The van der Waals surface area contributed by atoms with Gasteiger partial charge in [-0.05, 0) is 61.5 Å². The third kappa shape index (κ3) is 7.49. The topological polar surface area (TPSA) is 80.9 Å². The number of ether oxygens (including phenoxy) is 3. The summed E-state index contributed by atoms with van der Waals surface area (Å²) in [5.74, 6) is 0.572. The fraction of sp³-hybridized carbons (Fsp3) is 0.333. The van der Waals surface area contributed by atoms with Gasteiger partial charge in [-0.2, -0.15) is 13.2 Å². The Morgan fingerprint density at radius 2 is 1.78 bits per heavy atom. The van der Waals surface area contributed by atoms with Crippen LogP contribution in [0.5, 0.6) is 17.2 Å². The number of nitrogens with one attached hydrogen (secondary N) is 3. The van der Waals surface area contributed by atoms with Gasteiger partial charge in [0.25, 0.3) is 5.91 Å². The quantitative estimate of drug-likeness (QED) is 0.403. The minimum absolute atomic E-state index is 0.0712. The molecule has 174 valence electrons. The van der Waals surface area contributed by atoms with E-state index in [1.165, 1.54) is 19.1 Å². The lowest BCUT2D eigenvalue weighted by molar-refractivity contribution is -0.137. The molecule has 0 bridgehead atoms. The van der Waals surface area contributed by atoms with Crippen LogP contribution in [0.2, 0.25) is 0 Å². The molecule has 11 heteroatoms. The minimum Gasteiger partial charge on any atom is -0.493 e. The molecular weight excluding hydrogens is 447 g/mol. The highest BCUT2D eigenvalue weighted by molar-refractivity contribution is 7.80. The van der Waals surface area contributed by atoms with Crippen molar-refractivity contribution in [3.63, 3.8) is 0 Å². The number of hydrogen-bond acceptors (Lipinski definition) is 5. The van der Waals surface area contributed by atoms with E-state index in [0.29, 0.717) is 24.5 Å². The van der Waals surface area contributed by atoms with Crippen LogP contribution in [0, 0.1) is 0 Å². The van der Waals surface area contributed by atoms with Crippen molar-refractivity contribution in [2.45, 2.75) is 25.6 Å². The monoisotopic (exact) mass is 471 g/mol. The average molecular weight is 472 g/mol. The second-order valence-electron chi connectivity index (χ2n) is 6.60. The number of carbonyl (C=O) groups excluding carboxylic acids is 1. The molecule has 0 aromatic heterocycles. The molecule has 32 heavy (non-hydrogen) atoms. The van der Waals surface area contributed by atoms with Crippen molar-refractivity contribution >= 4 is 23.2 Å². The Labute approximate surface area is 189 Å². The highest BCUT2D eigenvalue weighted by Crippen LogP contribution is 2.31. The van der Waals surface area contributed by atoms with Crippen molar-refractivity contribution in [1.29, 1.82) is 0 Å². The lowest BCUT2D eigenvalue weighted by Crippen LogP contribution is -2.50. The van der Waals surface area contributed by atoms with Crippen molar-refractivity contribution in [3.05, 3.63) is 53.6 Å². The van der Waals surface area contributed by atoms with Gasteiger partial charge in [-0.1, -0.05) is 12.1 Å². The summed E-state index contributed by atoms with van der Waals surface area (Å²) in [4.78, 5) is 12.1. The molecule has 0 unspecified atom stereocenters. The smallest absolute Gasteiger partial charge is 0.416 e. The van der Waals surface area contributed by atoms with Crippen LogP contribution >= 0.6 is 12.2 Å². The molecule has 0 heterocycles. The molecule has 0 saturated carbocycles. The summed E-state index contributed by atoms with van der Waals surface area (Å²) in [5, 5.41) is 3.10. The van der Waals surface area contributed by atoms with Gasteiger partial charge in [-0.25, -0.2) is 0 Å². The second-order valence-corrected chi connectivity index (χ2v) is 7.00. The van der Waals surface area contributed by atoms with E-state index in [1.54, 1.807) is 20.3 Å². The molecular formula is C21H24F3N3O4S. The summed E-state index contributed by atoms with van der Waals surface area (Å²) in [7, 11) is 3.11. The zero-order valence-corrected chi connectivity index (χ0v) is 18.5. The first-order chi connectivity index (χ1) is 15.1. The minimum atomic E-state index is -4.50. The van der Waals surface area contributed by atoms with Gasteiger partial charge >= 0.3 is 6.18 Å². The number of alkyl halides is 3. The number of thiocarbonyl (C=S) groups is 1. The number of amides is 1. The number of methoxy groups -OCH3 is 2. The standard InChI is InChI=1S/C21H24F3N3O4S/c1-13(31-16-6-4-5-15(12-16)21(22,23)24)19(28)26-27-20(32)25-10-9-14-7-8-17(29-2)18(11-14)30-3/h4-8,11-13H,9-10H2,1-3H3,(H,26,28)(H2,25,27,32)/t13-/m1/s1. The van der Waals surface area contributed by atoms with E-state index >= 15 is 0 Å². The molecule has 0 aliphatic rings. The first-order valence-electron chi connectivity index (χ1n) is 9.52. The second kappa shape index (κ2) is 11.4. The Morgan fingerprint density at radius 3 is 2.44 bits per heavy atom. The van der Waals surface area contributed by atoms with Crippen LogP contribution in [0.25, 0.3) is 0 Å². The van der Waals surface area contributed by atoms with Crippen molar-refractivity contribution < 1.29 is 32.2 Å². The molecule has 2 aromatic carbocycles. The van der Waals surface area contributed by atoms with Gasteiger partial charge < -0.3 is 19.5 Å². The average Bonchev–Trinajstić information content (AvgIpc) is 2.76. The Kier molecular flexibility index (Phi) is 8.94. The molecule has 2 aromatic rings. The van der Waals surface area contributed by atoms with Crippen LogP contribution in [-0.4, -0.2) is 37.9 Å². The summed E-state index contributed by atoms with van der Waals surface area (Å²) in [6.07, 6.45) is -4.92. The van der Waals surface area contributed by atoms with Crippen LogP contribution in [0.4, 0.5) is 13.2 Å². The van der Waals surface area contributed by atoms with Crippen molar-refractivity contribution in [3.8, 4) is 17.2 Å². The number of rotatable bonds is 8. The SMILES string of the molecule is COc1ccc(CCNC(=S)NNC(=O)[C@@H](C)Oc2cccc(C(F)(F)F)c2)cc1OC. The van der Waals surface area contributed by atoms with Gasteiger partial charge in [0.2, 0.25) is 0 Å². The Balaban J connectivity index is 1.76. The van der Waals surface area contributed by atoms with Gasteiger partial charge in [-0.3, -0.25) is 15.6 Å². The van der Waals surface area contributed by atoms with E-state index in [1.807, 2.05) is 12.1 Å². The van der Waals surface area contributed by atoms with Crippen LogP contribution in [0.1, 0.15) is 18.1 Å². The van der Waals surface area contributed by atoms with Crippen molar-refractivity contribution in [1.82, 2.24) is 16.2 Å². The summed E-state index contributed by atoms with van der Waals surface area (Å²) in [6, 6.07) is 9.85.